The van der Waals surface area contributed by atoms with Gasteiger partial charge in [-0.2, -0.15) is 0 Å². The number of aromatic nitrogens is 1. The molecule has 4 rings (SSSR count). The average molecular weight is 549 g/mol. The van der Waals surface area contributed by atoms with E-state index in [9.17, 15) is 14.4 Å². The Morgan fingerprint density at radius 2 is 1.97 bits per heavy atom. The normalized spacial score (nSPS) is 16.6. The number of hydrogen-bond donors (Lipinski definition) is 2. The highest BCUT2D eigenvalue weighted by Crippen LogP contribution is 2.29. The fourth-order valence-corrected chi connectivity index (χ4v) is 4.65. The molecule has 0 bridgehead atoms. The minimum atomic E-state index is -0.814. The zero-order valence-electron chi connectivity index (χ0n) is 23.3. The second-order valence-electron chi connectivity index (χ2n) is 9.42. The van der Waals surface area contributed by atoms with E-state index >= 15 is 0 Å². The molecule has 0 amide bonds. The maximum atomic E-state index is 12.9. The van der Waals surface area contributed by atoms with Gasteiger partial charge in [-0.1, -0.05) is 19.9 Å². The van der Waals surface area contributed by atoms with E-state index < -0.39 is 11.9 Å². The summed E-state index contributed by atoms with van der Waals surface area (Å²) in [5.74, 6) is 0.276. The van der Waals surface area contributed by atoms with Gasteiger partial charge in [0.1, 0.15) is 5.56 Å². The van der Waals surface area contributed by atoms with E-state index in [1.807, 2.05) is 43.5 Å². The quantitative estimate of drug-likeness (QED) is 0.217. The Morgan fingerprint density at radius 3 is 2.55 bits per heavy atom. The lowest BCUT2D eigenvalue weighted by Gasteiger charge is -2.15. The van der Waals surface area contributed by atoms with E-state index in [2.05, 4.69) is 12.2 Å². The van der Waals surface area contributed by atoms with Crippen LogP contribution in [0.2, 0.25) is 0 Å². The summed E-state index contributed by atoms with van der Waals surface area (Å²) in [5.41, 5.74) is 1.62. The molecule has 1 aliphatic carbocycles. The molecule has 212 valence electrons. The zero-order chi connectivity index (χ0) is 27.9. The minimum absolute atomic E-state index is 0.0903. The van der Waals surface area contributed by atoms with Gasteiger partial charge in [0.05, 0.1) is 24.6 Å². The first-order valence-electron chi connectivity index (χ1n) is 13.9. The van der Waals surface area contributed by atoms with Crippen LogP contribution in [0.15, 0.2) is 29.2 Å². The van der Waals surface area contributed by atoms with Crippen LogP contribution < -0.4 is 10.7 Å². The molecule has 0 radical (unpaired) electrons. The number of ether oxygens (including phenoxy) is 1. The van der Waals surface area contributed by atoms with E-state index in [1.165, 1.54) is 18.6 Å². The summed E-state index contributed by atoms with van der Waals surface area (Å²) in [6, 6.07) is 5.78. The molecule has 2 heterocycles. The molecule has 0 spiro atoms. The molecule has 1 aromatic carbocycles. The van der Waals surface area contributed by atoms with Gasteiger partial charge in [-0.25, -0.2) is 4.79 Å². The molecule has 2 N–H and O–H groups in total. The third kappa shape index (κ3) is 10.8. The van der Waals surface area contributed by atoms with Crippen LogP contribution in [0.4, 0.5) is 0 Å². The Labute approximate surface area is 230 Å². The summed E-state index contributed by atoms with van der Waals surface area (Å²) >= 11 is 1.60. The van der Waals surface area contributed by atoms with Gasteiger partial charge < -0.3 is 23.9 Å². The molecule has 1 unspecified atom stereocenters. The van der Waals surface area contributed by atoms with Gasteiger partial charge in [0.25, 0.3) is 0 Å². The number of carbonyl (C=O) groups is 2. The number of fused-ring (bicyclic) bond motifs is 1. The Bertz CT molecular complexity index is 1080. The molecule has 1 saturated heterocycles. The van der Waals surface area contributed by atoms with Crippen LogP contribution in [0, 0.1) is 5.92 Å². The van der Waals surface area contributed by atoms with Crippen LogP contribution in [0.1, 0.15) is 82.1 Å². The van der Waals surface area contributed by atoms with Crippen molar-refractivity contribution >= 4 is 34.9 Å². The number of nitrogens with zero attached hydrogens (tertiary/aromatic N) is 1. The number of nitrogens with one attached hydrogen (secondary N) is 1. The number of aryl methyl sites for hydroxylation is 2. The Hall–Kier alpha value is -2.36. The van der Waals surface area contributed by atoms with Gasteiger partial charge >= 0.3 is 11.9 Å². The maximum Gasteiger partial charge on any atom is 0.343 e. The predicted octanol–water partition coefficient (Wildman–Crippen LogP) is 5.44. The Balaban J connectivity index is 0.000000481. The largest absolute Gasteiger partial charge is 0.481 e. The molecule has 2 aromatic rings. The molecule has 38 heavy (non-hydrogen) atoms. The first-order chi connectivity index (χ1) is 18.4. The molecule has 2 aliphatic rings. The molecule has 1 saturated carbocycles. The molecule has 1 aromatic heterocycles. The molecular formula is C29H44N2O6S. The van der Waals surface area contributed by atoms with Gasteiger partial charge in [0.2, 0.25) is 5.43 Å². The van der Waals surface area contributed by atoms with Crippen molar-refractivity contribution < 1.29 is 23.6 Å². The van der Waals surface area contributed by atoms with Crippen molar-refractivity contribution in [1.29, 1.82) is 0 Å². The van der Waals surface area contributed by atoms with Gasteiger partial charge in [0.15, 0.2) is 0 Å². The Morgan fingerprint density at radius 1 is 1.21 bits per heavy atom. The van der Waals surface area contributed by atoms with Crippen LogP contribution >= 0.6 is 12.0 Å². The topological polar surface area (TPSA) is 107 Å². The molecule has 2 fully saturated rings. The first kappa shape index (κ1) is 31.9. The fraction of sp³-hybridized carbons (Fsp3) is 0.621. The first-order valence-corrected chi connectivity index (χ1v) is 14.8. The van der Waals surface area contributed by atoms with Crippen molar-refractivity contribution in [2.75, 3.05) is 25.4 Å². The number of carboxylic acids is 1. The number of pyridine rings is 1. The monoisotopic (exact) mass is 548 g/mol. The lowest BCUT2D eigenvalue weighted by Crippen LogP contribution is -2.21. The van der Waals surface area contributed by atoms with E-state index in [0.29, 0.717) is 43.6 Å². The van der Waals surface area contributed by atoms with E-state index in [0.717, 1.165) is 36.8 Å². The minimum Gasteiger partial charge on any atom is -0.481 e. The number of benzene rings is 1. The summed E-state index contributed by atoms with van der Waals surface area (Å²) in [6.07, 6.45) is 8.53. The average Bonchev–Trinajstić information content (AvgIpc) is 3.76. The SMILES string of the molecule is CC.CC1CCCSO1.CCn1cc(C(=O)OCC2CC2)c(=O)c2cc(CCCNCCC(=O)O)ccc21. The maximum absolute atomic E-state index is 12.9. The lowest BCUT2D eigenvalue weighted by atomic mass is 10.0. The summed E-state index contributed by atoms with van der Waals surface area (Å²) in [7, 11) is 0. The molecular weight excluding hydrogens is 504 g/mol. The Kier molecular flexibility index (Phi) is 14.5. The molecule has 1 atom stereocenters. The van der Waals surface area contributed by atoms with Crippen LogP contribution in [0.3, 0.4) is 0 Å². The summed E-state index contributed by atoms with van der Waals surface area (Å²) in [6.45, 7) is 10.3. The van der Waals surface area contributed by atoms with Crippen LogP contribution in [0.25, 0.3) is 10.9 Å². The van der Waals surface area contributed by atoms with Crippen molar-refractivity contribution in [1.82, 2.24) is 9.88 Å². The number of aliphatic carboxylic acids is 1. The summed E-state index contributed by atoms with van der Waals surface area (Å²) in [5, 5.41) is 12.3. The third-order valence-electron chi connectivity index (χ3n) is 6.26. The zero-order valence-corrected chi connectivity index (χ0v) is 24.1. The highest BCUT2D eigenvalue weighted by atomic mass is 32.2. The van der Waals surface area contributed by atoms with Crippen LogP contribution in [-0.2, 0) is 26.7 Å². The highest BCUT2D eigenvalue weighted by molar-refractivity contribution is 7.94. The van der Waals surface area contributed by atoms with Crippen molar-refractivity contribution in [3.8, 4) is 0 Å². The number of rotatable bonds is 11. The van der Waals surface area contributed by atoms with Crippen molar-refractivity contribution in [3.63, 3.8) is 0 Å². The second-order valence-corrected chi connectivity index (χ2v) is 10.3. The van der Waals surface area contributed by atoms with Crippen LogP contribution in [-0.4, -0.2) is 53.2 Å². The smallest absolute Gasteiger partial charge is 0.343 e. The van der Waals surface area contributed by atoms with Crippen molar-refractivity contribution in [3.05, 3.63) is 45.7 Å². The van der Waals surface area contributed by atoms with Gasteiger partial charge in [0, 0.05) is 30.4 Å². The van der Waals surface area contributed by atoms with Crippen molar-refractivity contribution in [2.45, 2.75) is 85.3 Å². The highest BCUT2D eigenvalue weighted by Gasteiger charge is 2.24. The van der Waals surface area contributed by atoms with Crippen LogP contribution in [0.5, 0.6) is 0 Å². The fourth-order valence-electron chi connectivity index (χ4n) is 3.94. The van der Waals surface area contributed by atoms with Crippen molar-refractivity contribution in [2.24, 2.45) is 5.92 Å². The van der Waals surface area contributed by atoms with Gasteiger partial charge in [-0.15, -0.1) is 0 Å². The standard InChI is InChI=1S/C22H28N2O5.C5H10OS.C2H6/c1-2-24-13-18(22(28)29-14-16-5-6-16)21(27)17-12-15(7-8-19(17)24)4-3-10-23-11-9-20(25)26;1-5-3-2-4-7-6-5;1-2/h7-8,12-13,16,23H,2-6,9-11,14H2,1H3,(H,25,26);5H,2-4H2,1H3;1-2H3. The van der Waals surface area contributed by atoms with E-state index in [4.69, 9.17) is 14.0 Å². The third-order valence-corrected chi connectivity index (χ3v) is 7.18. The number of esters is 1. The molecule has 1 aliphatic heterocycles. The van der Waals surface area contributed by atoms with Gasteiger partial charge in [-0.3, -0.25) is 9.59 Å². The molecule has 8 nitrogen and oxygen atoms in total. The lowest BCUT2D eigenvalue weighted by molar-refractivity contribution is -0.136. The second kappa shape index (κ2) is 17.3. The summed E-state index contributed by atoms with van der Waals surface area (Å²) < 4.78 is 12.4. The number of hydrogen-bond acceptors (Lipinski definition) is 7. The number of carboxylic acid groups (broad SMARTS) is 1. The van der Waals surface area contributed by atoms with Gasteiger partial charge in [-0.05, 0) is 94.6 Å². The molecule has 9 heteroatoms. The van der Waals surface area contributed by atoms with E-state index in [-0.39, 0.29) is 17.4 Å². The summed E-state index contributed by atoms with van der Waals surface area (Å²) in [4.78, 5) is 35.9. The number of carbonyl (C=O) groups excluding carboxylic acids is 1. The predicted molar refractivity (Wildman–Crippen MR) is 154 cm³/mol. The van der Waals surface area contributed by atoms with E-state index in [1.54, 1.807) is 18.2 Å².